The number of amides is 2. The lowest BCUT2D eigenvalue weighted by Gasteiger charge is -2.49. The Morgan fingerprint density at radius 1 is 1.06 bits per heavy atom. The number of methoxy groups -OCH3 is 2. The second kappa shape index (κ2) is 10.3. The minimum atomic E-state index is -0.251. The third-order valence-corrected chi connectivity index (χ3v) is 6.51. The number of para-hydroxylation sites is 1. The maximum Gasteiger partial charge on any atom is 0.234 e. The number of ether oxygens (including phenoxy) is 2. The van der Waals surface area contributed by atoms with Crippen molar-refractivity contribution in [1.82, 2.24) is 10.2 Å². The minimum Gasteiger partial charge on any atom is -0.493 e. The monoisotopic (exact) mass is 466 g/mol. The van der Waals surface area contributed by atoms with Crippen molar-refractivity contribution in [3.63, 3.8) is 0 Å². The number of hydrogen-bond donors (Lipinski definition) is 2. The van der Waals surface area contributed by atoms with Gasteiger partial charge >= 0.3 is 0 Å². The van der Waals surface area contributed by atoms with Gasteiger partial charge in [-0.3, -0.25) is 14.5 Å². The molecule has 8 nitrogen and oxygen atoms in total. The summed E-state index contributed by atoms with van der Waals surface area (Å²) in [5.74, 6) is 0.909. The number of rotatable bonds is 7. The average Bonchev–Trinajstić information content (AvgIpc) is 2.82. The Kier molecular flexibility index (Phi) is 7.26. The molecule has 0 aliphatic carbocycles. The summed E-state index contributed by atoms with van der Waals surface area (Å²) in [5, 5.41) is 6.05. The van der Waals surface area contributed by atoms with Crippen molar-refractivity contribution in [1.29, 1.82) is 0 Å². The van der Waals surface area contributed by atoms with Crippen molar-refractivity contribution in [2.45, 2.75) is 32.4 Å². The van der Waals surface area contributed by atoms with E-state index in [-0.39, 0.29) is 29.8 Å². The zero-order valence-electron chi connectivity index (χ0n) is 20.3. The number of carbonyl (C=O) groups excluding carboxylic acids is 2. The first kappa shape index (κ1) is 23.9. The summed E-state index contributed by atoms with van der Waals surface area (Å²) >= 11 is 0. The molecule has 1 saturated heterocycles. The van der Waals surface area contributed by atoms with Crippen LogP contribution >= 0.6 is 0 Å². The maximum absolute atomic E-state index is 13.6. The molecule has 0 radical (unpaired) electrons. The molecular formula is C26H34N4O4. The summed E-state index contributed by atoms with van der Waals surface area (Å²) in [7, 11) is 3.16. The molecule has 2 unspecified atom stereocenters. The Morgan fingerprint density at radius 3 is 2.56 bits per heavy atom. The van der Waals surface area contributed by atoms with E-state index in [1.54, 1.807) is 26.4 Å². The van der Waals surface area contributed by atoms with E-state index in [0.29, 0.717) is 36.7 Å². The first-order chi connectivity index (χ1) is 16.4. The Balaban J connectivity index is 1.55. The highest BCUT2D eigenvalue weighted by atomic mass is 16.5. The quantitative estimate of drug-likeness (QED) is 0.653. The smallest absolute Gasteiger partial charge is 0.234 e. The molecule has 8 heteroatoms. The molecule has 2 amide bonds. The van der Waals surface area contributed by atoms with Crippen LogP contribution < -0.4 is 25.0 Å². The molecule has 0 bridgehead atoms. The number of hydrogen-bond acceptors (Lipinski definition) is 6. The molecule has 1 fully saturated rings. The summed E-state index contributed by atoms with van der Waals surface area (Å²) < 4.78 is 10.7. The van der Waals surface area contributed by atoms with Gasteiger partial charge in [0.1, 0.15) is 0 Å². The molecular weight excluding hydrogens is 432 g/mol. The largest absolute Gasteiger partial charge is 0.493 e. The van der Waals surface area contributed by atoms with Crippen molar-refractivity contribution in [3.05, 3.63) is 48.0 Å². The lowest BCUT2D eigenvalue weighted by atomic mass is 9.83. The predicted molar refractivity (Wildman–Crippen MR) is 133 cm³/mol. The van der Waals surface area contributed by atoms with Crippen molar-refractivity contribution >= 4 is 23.2 Å². The number of anilines is 2. The standard InChI is InChI=1S/C26H34N4O4/c1-17(2)27-25(31)16-29-11-12-30-21-8-6-5-7-18(21)13-20(22(30)15-29)26(32)28-19-9-10-23(33-3)24(14-19)34-4/h5-10,14,17,20,22H,11-13,15-16H2,1-4H3,(H,27,31)(H,28,32). The van der Waals surface area contributed by atoms with Crippen LogP contribution in [0.15, 0.2) is 42.5 Å². The lowest BCUT2D eigenvalue weighted by molar-refractivity contribution is -0.123. The second-order valence-electron chi connectivity index (χ2n) is 9.22. The van der Waals surface area contributed by atoms with Crippen molar-refractivity contribution in [2.24, 2.45) is 5.92 Å². The Morgan fingerprint density at radius 2 is 1.82 bits per heavy atom. The zero-order chi connectivity index (χ0) is 24.2. The van der Waals surface area contributed by atoms with Crippen LogP contribution in [0.2, 0.25) is 0 Å². The molecule has 0 aromatic heterocycles. The van der Waals surface area contributed by atoms with Crippen LogP contribution in [0.5, 0.6) is 11.5 Å². The molecule has 2 N–H and O–H groups in total. The minimum absolute atomic E-state index is 0.0179. The van der Waals surface area contributed by atoms with Crippen molar-refractivity contribution < 1.29 is 19.1 Å². The van der Waals surface area contributed by atoms with Gasteiger partial charge in [0, 0.05) is 43.1 Å². The number of carbonyl (C=O) groups is 2. The fourth-order valence-corrected chi connectivity index (χ4v) is 4.98. The highest BCUT2D eigenvalue weighted by Gasteiger charge is 2.41. The van der Waals surface area contributed by atoms with Gasteiger partial charge in [0.2, 0.25) is 11.8 Å². The van der Waals surface area contributed by atoms with Gasteiger partial charge in [-0.05, 0) is 44.0 Å². The van der Waals surface area contributed by atoms with Gasteiger partial charge in [-0.15, -0.1) is 0 Å². The van der Waals surface area contributed by atoms with Gasteiger partial charge < -0.3 is 25.0 Å². The van der Waals surface area contributed by atoms with Crippen LogP contribution in [0.1, 0.15) is 19.4 Å². The molecule has 2 heterocycles. The number of fused-ring (bicyclic) bond motifs is 3. The van der Waals surface area contributed by atoms with Gasteiger partial charge in [-0.1, -0.05) is 18.2 Å². The Bertz CT molecular complexity index is 1040. The molecule has 2 aromatic carbocycles. The van der Waals surface area contributed by atoms with E-state index in [0.717, 1.165) is 13.1 Å². The molecule has 34 heavy (non-hydrogen) atoms. The van der Waals surface area contributed by atoms with E-state index in [4.69, 9.17) is 9.47 Å². The summed E-state index contributed by atoms with van der Waals surface area (Å²) in [6, 6.07) is 13.8. The molecule has 4 rings (SSSR count). The fourth-order valence-electron chi connectivity index (χ4n) is 4.98. The SMILES string of the molecule is COc1ccc(NC(=O)C2Cc3ccccc3N3CCN(CC(=O)NC(C)C)CC23)cc1OC. The van der Waals surface area contributed by atoms with Crippen LogP contribution in [0, 0.1) is 5.92 Å². The molecule has 2 aliphatic heterocycles. The summed E-state index contributed by atoms with van der Waals surface area (Å²) in [4.78, 5) is 30.4. The van der Waals surface area contributed by atoms with Crippen LogP contribution in [-0.4, -0.2) is 69.2 Å². The van der Waals surface area contributed by atoms with E-state index in [1.807, 2.05) is 32.0 Å². The Hall–Kier alpha value is -3.26. The third-order valence-electron chi connectivity index (χ3n) is 6.51. The van der Waals surface area contributed by atoms with Gasteiger partial charge in [0.25, 0.3) is 0 Å². The maximum atomic E-state index is 13.6. The molecule has 0 saturated carbocycles. The van der Waals surface area contributed by atoms with Gasteiger partial charge in [-0.2, -0.15) is 0 Å². The van der Waals surface area contributed by atoms with Crippen LogP contribution in [0.3, 0.4) is 0 Å². The zero-order valence-corrected chi connectivity index (χ0v) is 20.3. The van der Waals surface area contributed by atoms with Crippen molar-refractivity contribution in [3.8, 4) is 11.5 Å². The van der Waals surface area contributed by atoms with Gasteiger partial charge in [0.05, 0.1) is 32.7 Å². The highest BCUT2D eigenvalue weighted by molar-refractivity contribution is 5.94. The van der Waals surface area contributed by atoms with E-state index in [1.165, 1.54) is 11.3 Å². The van der Waals surface area contributed by atoms with E-state index >= 15 is 0 Å². The molecule has 2 aromatic rings. The number of nitrogens with zero attached hydrogens (tertiary/aromatic N) is 2. The third kappa shape index (κ3) is 5.12. The molecule has 0 spiro atoms. The van der Waals surface area contributed by atoms with E-state index in [9.17, 15) is 9.59 Å². The number of piperazine rings is 1. The molecule has 182 valence electrons. The van der Waals surface area contributed by atoms with Crippen molar-refractivity contribution in [2.75, 3.05) is 50.6 Å². The predicted octanol–water partition coefficient (Wildman–Crippen LogP) is 2.53. The van der Waals surface area contributed by atoms with E-state index < -0.39 is 0 Å². The van der Waals surface area contributed by atoms with Crippen LogP contribution in [-0.2, 0) is 16.0 Å². The number of nitrogens with one attached hydrogen (secondary N) is 2. The van der Waals surface area contributed by atoms with Gasteiger partial charge in [0.15, 0.2) is 11.5 Å². The second-order valence-corrected chi connectivity index (χ2v) is 9.22. The van der Waals surface area contributed by atoms with Gasteiger partial charge in [-0.25, -0.2) is 0 Å². The summed E-state index contributed by atoms with van der Waals surface area (Å²) in [6.45, 7) is 6.47. The van der Waals surface area contributed by atoms with E-state index in [2.05, 4.69) is 32.6 Å². The van der Waals surface area contributed by atoms with Crippen LogP contribution in [0.4, 0.5) is 11.4 Å². The number of benzene rings is 2. The Labute approximate surface area is 201 Å². The topological polar surface area (TPSA) is 83.1 Å². The lowest BCUT2D eigenvalue weighted by Crippen LogP contribution is -2.61. The first-order valence-corrected chi connectivity index (χ1v) is 11.8. The molecule has 2 aliphatic rings. The molecule has 2 atom stereocenters. The average molecular weight is 467 g/mol. The summed E-state index contributed by atoms with van der Waals surface area (Å²) in [5.41, 5.74) is 3.03. The van der Waals surface area contributed by atoms with Crippen LogP contribution in [0.25, 0.3) is 0 Å². The fraction of sp³-hybridized carbons (Fsp3) is 0.462. The first-order valence-electron chi connectivity index (χ1n) is 11.8. The normalized spacial score (nSPS) is 19.7. The highest BCUT2D eigenvalue weighted by Crippen LogP contribution is 2.37. The summed E-state index contributed by atoms with van der Waals surface area (Å²) in [6.07, 6.45) is 0.655.